The first-order valence-electron chi connectivity index (χ1n) is 5.08. The monoisotopic (exact) mass is 288 g/mol. The van der Waals surface area contributed by atoms with E-state index in [-0.39, 0.29) is 56.3 Å². The topological polar surface area (TPSA) is 43.4 Å². The molecule has 0 aliphatic carbocycles. The SMILES string of the molecule is C=C(C)S(=O)(=O)Oc1cccc2ccccc12.[KH]. The van der Waals surface area contributed by atoms with Gasteiger partial charge in [-0.05, 0) is 18.4 Å². The Morgan fingerprint density at radius 3 is 2.39 bits per heavy atom. The molecule has 0 heterocycles. The van der Waals surface area contributed by atoms with Gasteiger partial charge in [-0.25, -0.2) is 0 Å². The van der Waals surface area contributed by atoms with Crippen LogP contribution in [0.15, 0.2) is 53.9 Å². The van der Waals surface area contributed by atoms with Crippen LogP contribution in [0.4, 0.5) is 0 Å². The number of rotatable bonds is 3. The summed E-state index contributed by atoms with van der Waals surface area (Å²) in [7, 11) is -3.74. The first-order chi connectivity index (χ1) is 8.00. The fourth-order valence-electron chi connectivity index (χ4n) is 1.46. The molecule has 3 nitrogen and oxygen atoms in total. The Morgan fingerprint density at radius 2 is 1.72 bits per heavy atom. The molecule has 0 spiro atoms. The van der Waals surface area contributed by atoms with E-state index in [4.69, 9.17) is 4.18 Å². The van der Waals surface area contributed by atoms with E-state index in [1.165, 1.54) is 6.92 Å². The van der Waals surface area contributed by atoms with Gasteiger partial charge in [0.15, 0.2) is 5.75 Å². The number of hydrogen-bond donors (Lipinski definition) is 0. The van der Waals surface area contributed by atoms with E-state index in [9.17, 15) is 8.42 Å². The molecule has 0 bridgehead atoms. The van der Waals surface area contributed by atoms with Crippen molar-refractivity contribution < 1.29 is 12.6 Å². The van der Waals surface area contributed by atoms with Crippen LogP contribution < -0.4 is 4.18 Å². The molecular formula is C13H13KO3S. The Balaban J connectivity index is 0.00000162. The van der Waals surface area contributed by atoms with Crippen LogP contribution >= 0.6 is 0 Å². The number of benzene rings is 2. The van der Waals surface area contributed by atoms with Crippen LogP contribution in [0.1, 0.15) is 6.92 Å². The third-order valence-corrected chi connectivity index (χ3v) is 3.63. The van der Waals surface area contributed by atoms with Crippen LogP contribution in [0, 0.1) is 0 Å². The Hall–Kier alpha value is -0.174. The maximum absolute atomic E-state index is 11.6. The van der Waals surface area contributed by atoms with Crippen molar-refractivity contribution in [3.8, 4) is 5.75 Å². The normalized spacial score (nSPS) is 10.7. The Labute approximate surface area is 149 Å². The maximum atomic E-state index is 11.6. The average Bonchev–Trinajstić information content (AvgIpc) is 2.29. The van der Waals surface area contributed by atoms with E-state index in [0.717, 1.165) is 10.8 Å². The summed E-state index contributed by atoms with van der Waals surface area (Å²) in [4.78, 5) is -0.00886. The van der Waals surface area contributed by atoms with Gasteiger partial charge in [-0.2, -0.15) is 8.42 Å². The van der Waals surface area contributed by atoms with Gasteiger partial charge in [0.25, 0.3) is 0 Å². The van der Waals surface area contributed by atoms with Crippen LogP contribution in [-0.2, 0) is 10.1 Å². The van der Waals surface area contributed by atoms with Crippen molar-refractivity contribution in [1.82, 2.24) is 0 Å². The van der Waals surface area contributed by atoms with Gasteiger partial charge in [0, 0.05) is 5.39 Å². The zero-order chi connectivity index (χ0) is 12.5. The second-order valence-electron chi connectivity index (χ2n) is 3.72. The molecule has 0 aromatic heterocycles. The summed E-state index contributed by atoms with van der Waals surface area (Å²) in [6, 6.07) is 12.7. The number of hydrogen-bond acceptors (Lipinski definition) is 3. The molecule has 0 amide bonds. The third-order valence-electron chi connectivity index (χ3n) is 2.38. The summed E-state index contributed by atoms with van der Waals surface area (Å²) >= 11 is 0. The molecule has 0 fully saturated rings. The molecule has 2 aromatic rings. The van der Waals surface area contributed by atoms with Crippen LogP contribution in [0.5, 0.6) is 5.75 Å². The quantitative estimate of drug-likeness (QED) is 0.643. The molecule has 0 unspecified atom stereocenters. The molecule has 0 saturated heterocycles. The van der Waals surface area contributed by atoms with Gasteiger partial charge in [0.1, 0.15) is 0 Å². The Morgan fingerprint density at radius 1 is 1.11 bits per heavy atom. The zero-order valence-corrected chi connectivity index (χ0v) is 10.2. The number of allylic oxidation sites excluding steroid dienone is 1. The van der Waals surface area contributed by atoms with Gasteiger partial charge in [-0.15, -0.1) is 0 Å². The van der Waals surface area contributed by atoms with E-state index in [0.29, 0.717) is 5.75 Å². The Kier molecular flexibility index (Phi) is 5.58. The Bertz CT molecular complexity index is 672. The van der Waals surface area contributed by atoms with Crippen LogP contribution in [0.3, 0.4) is 0 Å². The molecule has 5 heteroatoms. The second-order valence-corrected chi connectivity index (χ2v) is 5.49. The predicted octanol–water partition coefficient (Wildman–Crippen LogP) is 2.43. The fraction of sp³-hybridized carbons (Fsp3) is 0.0769. The summed E-state index contributed by atoms with van der Waals surface area (Å²) in [5, 5.41) is 1.70. The van der Waals surface area contributed by atoms with Gasteiger partial charge in [-0.3, -0.25) is 0 Å². The zero-order valence-electron chi connectivity index (χ0n) is 9.38. The van der Waals surface area contributed by atoms with Crippen LogP contribution in [0.25, 0.3) is 10.8 Å². The van der Waals surface area contributed by atoms with Crippen molar-refractivity contribution in [1.29, 1.82) is 0 Å². The van der Waals surface area contributed by atoms with Crippen molar-refractivity contribution in [3.63, 3.8) is 0 Å². The summed E-state index contributed by atoms with van der Waals surface area (Å²) in [5.74, 6) is 0.325. The molecule has 18 heavy (non-hydrogen) atoms. The van der Waals surface area contributed by atoms with Gasteiger partial charge >= 0.3 is 61.5 Å². The van der Waals surface area contributed by atoms with Crippen molar-refractivity contribution >= 4 is 72.3 Å². The van der Waals surface area contributed by atoms with E-state index in [1.807, 2.05) is 30.3 Å². The van der Waals surface area contributed by atoms with E-state index in [2.05, 4.69) is 6.58 Å². The average molecular weight is 288 g/mol. The van der Waals surface area contributed by atoms with Crippen LogP contribution in [0.2, 0.25) is 0 Å². The molecule has 0 N–H and O–H groups in total. The summed E-state index contributed by atoms with van der Waals surface area (Å²) in [6.45, 7) is 4.79. The standard InChI is InChI=1S/C13H12O3S.K.H/c1-10(2)17(14,15)16-13-9-5-7-11-6-3-4-8-12(11)13;;/h3-9H,1H2,2H3;;. The first-order valence-corrected chi connectivity index (χ1v) is 6.49. The van der Waals surface area contributed by atoms with Gasteiger partial charge < -0.3 is 4.18 Å². The molecule has 0 radical (unpaired) electrons. The van der Waals surface area contributed by atoms with Crippen molar-refractivity contribution in [2.75, 3.05) is 0 Å². The van der Waals surface area contributed by atoms with Gasteiger partial charge in [0.2, 0.25) is 0 Å². The van der Waals surface area contributed by atoms with Gasteiger partial charge in [-0.1, -0.05) is 43.0 Å². The first kappa shape index (κ1) is 15.9. The number of fused-ring (bicyclic) bond motifs is 1. The molecule has 90 valence electrons. The molecule has 0 aliphatic heterocycles. The molecule has 0 atom stereocenters. The van der Waals surface area contributed by atoms with Crippen molar-refractivity contribution in [3.05, 3.63) is 53.9 Å². The summed E-state index contributed by atoms with van der Waals surface area (Å²) in [5.41, 5.74) is 0. The van der Waals surface area contributed by atoms with Gasteiger partial charge in [0.05, 0.1) is 4.91 Å². The molecule has 2 aromatic carbocycles. The van der Waals surface area contributed by atoms with Crippen molar-refractivity contribution in [2.24, 2.45) is 0 Å². The van der Waals surface area contributed by atoms with E-state index in [1.54, 1.807) is 12.1 Å². The fourth-order valence-corrected chi connectivity index (χ4v) is 1.98. The minimum absolute atomic E-state index is 0. The summed E-state index contributed by atoms with van der Waals surface area (Å²) < 4.78 is 28.3. The van der Waals surface area contributed by atoms with E-state index >= 15 is 0 Å². The predicted molar refractivity (Wildman–Crippen MR) is 75.5 cm³/mol. The molecule has 2 rings (SSSR count). The second kappa shape index (κ2) is 6.32. The molecule has 0 aliphatic rings. The summed E-state index contributed by atoms with van der Waals surface area (Å²) in [6.07, 6.45) is 0. The molecule has 0 saturated carbocycles. The van der Waals surface area contributed by atoms with Crippen LogP contribution in [-0.4, -0.2) is 59.8 Å². The molecular weight excluding hydrogens is 275 g/mol. The minimum atomic E-state index is -3.74. The van der Waals surface area contributed by atoms with E-state index < -0.39 is 10.1 Å². The van der Waals surface area contributed by atoms with Crippen molar-refractivity contribution in [2.45, 2.75) is 6.92 Å². The third kappa shape index (κ3) is 3.43.